The van der Waals surface area contributed by atoms with Crippen LogP contribution in [0.2, 0.25) is 10.0 Å². The van der Waals surface area contributed by atoms with E-state index in [-0.39, 0.29) is 0 Å². The van der Waals surface area contributed by atoms with Gasteiger partial charge in [-0.25, -0.2) is 9.97 Å². The molecule has 118 valence electrons. The molecule has 0 fully saturated rings. The summed E-state index contributed by atoms with van der Waals surface area (Å²) in [5, 5.41) is 1.94. The Morgan fingerprint density at radius 2 is 1.88 bits per heavy atom. The van der Waals surface area contributed by atoms with Crippen LogP contribution < -0.4 is 0 Å². The molecule has 4 nitrogen and oxygen atoms in total. The van der Waals surface area contributed by atoms with Gasteiger partial charge in [-0.2, -0.15) is 0 Å². The molecule has 0 amide bonds. The SMILES string of the molecule is S=c1c2ccccc2nc(-n2ccnc2)n1-c1ccc(Cl)cc1Cl. The fraction of sp³-hybridized carbons (Fsp3) is 0. The Labute approximate surface area is 152 Å². The number of aromatic nitrogens is 4. The van der Waals surface area contributed by atoms with E-state index in [9.17, 15) is 0 Å². The van der Waals surface area contributed by atoms with Crippen LogP contribution in [0.4, 0.5) is 0 Å². The molecule has 2 aromatic heterocycles. The van der Waals surface area contributed by atoms with E-state index in [1.54, 1.807) is 29.2 Å². The van der Waals surface area contributed by atoms with E-state index in [1.807, 2.05) is 41.1 Å². The van der Waals surface area contributed by atoms with Gasteiger partial charge in [0.2, 0.25) is 5.95 Å². The van der Waals surface area contributed by atoms with Crippen molar-refractivity contribution in [2.24, 2.45) is 0 Å². The topological polar surface area (TPSA) is 35.6 Å². The van der Waals surface area contributed by atoms with Crippen molar-refractivity contribution in [3.05, 3.63) is 75.9 Å². The molecule has 0 aliphatic carbocycles. The van der Waals surface area contributed by atoms with E-state index in [4.69, 9.17) is 40.4 Å². The minimum Gasteiger partial charge on any atom is -0.276 e. The third kappa shape index (κ3) is 2.51. The molecule has 0 bridgehead atoms. The molecular formula is C17H10Cl2N4S. The van der Waals surface area contributed by atoms with Gasteiger partial charge in [-0.15, -0.1) is 0 Å². The van der Waals surface area contributed by atoms with E-state index < -0.39 is 0 Å². The van der Waals surface area contributed by atoms with Gasteiger partial charge in [0, 0.05) is 22.8 Å². The molecule has 0 saturated heterocycles. The van der Waals surface area contributed by atoms with E-state index in [0.29, 0.717) is 26.3 Å². The summed E-state index contributed by atoms with van der Waals surface area (Å²) < 4.78 is 4.25. The summed E-state index contributed by atoms with van der Waals surface area (Å²) >= 11 is 18.2. The maximum Gasteiger partial charge on any atom is 0.221 e. The van der Waals surface area contributed by atoms with Crippen molar-refractivity contribution in [2.75, 3.05) is 0 Å². The lowest BCUT2D eigenvalue weighted by Crippen LogP contribution is -2.11. The molecule has 0 atom stereocenters. The zero-order valence-electron chi connectivity index (χ0n) is 12.2. The Morgan fingerprint density at radius 3 is 2.62 bits per heavy atom. The molecule has 7 heteroatoms. The highest BCUT2D eigenvalue weighted by Gasteiger charge is 2.14. The molecule has 0 aliphatic rings. The molecule has 2 heterocycles. The van der Waals surface area contributed by atoms with Crippen LogP contribution in [0.25, 0.3) is 22.5 Å². The van der Waals surface area contributed by atoms with Gasteiger partial charge < -0.3 is 0 Å². The Hall–Kier alpha value is -2.21. The van der Waals surface area contributed by atoms with Crippen LogP contribution in [-0.2, 0) is 0 Å². The third-order valence-corrected chi connectivity index (χ3v) is 4.58. The number of halogens is 2. The van der Waals surface area contributed by atoms with Crippen molar-refractivity contribution in [2.45, 2.75) is 0 Å². The highest BCUT2D eigenvalue weighted by molar-refractivity contribution is 7.71. The maximum absolute atomic E-state index is 6.42. The van der Waals surface area contributed by atoms with Crippen LogP contribution in [0.15, 0.2) is 61.2 Å². The lowest BCUT2D eigenvalue weighted by molar-refractivity contribution is 0.854. The zero-order chi connectivity index (χ0) is 16.7. The van der Waals surface area contributed by atoms with Crippen molar-refractivity contribution in [1.29, 1.82) is 0 Å². The predicted molar refractivity (Wildman–Crippen MR) is 99.0 cm³/mol. The fourth-order valence-electron chi connectivity index (χ4n) is 2.55. The number of para-hydroxylation sites is 1. The summed E-state index contributed by atoms with van der Waals surface area (Å²) in [6.45, 7) is 0. The minimum absolute atomic E-state index is 0.497. The van der Waals surface area contributed by atoms with Gasteiger partial charge in [-0.3, -0.25) is 9.13 Å². The van der Waals surface area contributed by atoms with Crippen LogP contribution in [0, 0.1) is 4.64 Å². The summed E-state index contributed by atoms with van der Waals surface area (Å²) in [5.41, 5.74) is 1.53. The van der Waals surface area contributed by atoms with E-state index in [1.165, 1.54) is 0 Å². The van der Waals surface area contributed by atoms with Crippen LogP contribution in [0.3, 0.4) is 0 Å². The molecule has 24 heavy (non-hydrogen) atoms. The van der Waals surface area contributed by atoms with Crippen molar-refractivity contribution in [1.82, 2.24) is 19.1 Å². The summed E-state index contributed by atoms with van der Waals surface area (Å²) in [4.78, 5) is 8.85. The monoisotopic (exact) mass is 372 g/mol. The number of benzene rings is 2. The second kappa shape index (κ2) is 6.02. The van der Waals surface area contributed by atoms with Crippen molar-refractivity contribution in [3.63, 3.8) is 0 Å². The second-order valence-corrected chi connectivity index (χ2v) is 6.37. The number of rotatable bonds is 2. The van der Waals surface area contributed by atoms with E-state index in [2.05, 4.69) is 4.98 Å². The molecule has 0 spiro atoms. The smallest absolute Gasteiger partial charge is 0.221 e. The lowest BCUT2D eigenvalue weighted by Gasteiger charge is -2.16. The quantitative estimate of drug-likeness (QED) is 0.451. The summed E-state index contributed by atoms with van der Waals surface area (Å²) in [6, 6.07) is 13.0. The molecule has 2 aromatic carbocycles. The van der Waals surface area contributed by atoms with Crippen LogP contribution in [-0.4, -0.2) is 19.1 Å². The number of fused-ring (bicyclic) bond motifs is 1. The molecule has 0 N–H and O–H groups in total. The van der Waals surface area contributed by atoms with Gasteiger partial charge in [-0.1, -0.05) is 47.6 Å². The summed E-state index contributed by atoms with van der Waals surface area (Å²) in [6.07, 6.45) is 5.17. The molecule has 0 unspecified atom stereocenters. The van der Waals surface area contributed by atoms with Crippen molar-refractivity contribution >= 4 is 46.3 Å². The summed E-state index contributed by atoms with van der Waals surface area (Å²) in [7, 11) is 0. The lowest BCUT2D eigenvalue weighted by atomic mass is 10.2. The Balaban J connectivity index is 2.15. The van der Waals surface area contributed by atoms with E-state index in [0.717, 1.165) is 10.9 Å². The molecule has 0 radical (unpaired) electrons. The normalized spacial score (nSPS) is 11.1. The molecular weight excluding hydrogens is 363 g/mol. The molecule has 4 rings (SSSR count). The first-order valence-corrected chi connectivity index (χ1v) is 8.27. The molecule has 4 aromatic rings. The van der Waals surface area contributed by atoms with Crippen LogP contribution in [0.1, 0.15) is 0 Å². The van der Waals surface area contributed by atoms with Gasteiger partial charge in [0.25, 0.3) is 0 Å². The van der Waals surface area contributed by atoms with Gasteiger partial charge >= 0.3 is 0 Å². The van der Waals surface area contributed by atoms with Gasteiger partial charge in [-0.05, 0) is 30.3 Å². The highest BCUT2D eigenvalue weighted by Crippen LogP contribution is 2.28. The van der Waals surface area contributed by atoms with Crippen molar-refractivity contribution < 1.29 is 0 Å². The number of nitrogens with zero attached hydrogens (tertiary/aromatic N) is 4. The molecule has 0 saturated carbocycles. The Kier molecular flexibility index (Phi) is 3.84. The molecule has 0 aliphatic heterocycles. The second-order valence-electron chi connectivity index (χ2n) is 5.14. The van der Waals surface area contributed by atoms with Crippen molar-refractivity contribution in [3.8, 4) is 11.6 Å². The Bertz CT molecular complexity index is 1100. The average molecular weight is 373 g/mol. The first-order valence-electron chi connectivity index (χ1n) is 7.11. The highest BCUT2D eigenvalue weighted by atomic mass is 35.5. The summed E-state index contributed by atoms with van der Waals surface area (Å²) in [5.74, 6) is 0.612. The zero-order valence-corrected chi connectivity index (χ0v) is 14.6. The van der Waals surface area contributed by atoms with Crippen LogP contribution in [0.5, 0.6) is 0 Å². The third-order valence-electron chi connectivity index (χ3n) is 3.64. The standard InChI is InChI=1S/C17H10Cl2N4S/c18-11-5-6-15(13(19)9-11)23-16(24)12-3-1-2-4-14(12)21-17(23)22-8-7-20-10-22/h1-10H. The van der Waals surface area contributed by atoms with Crippen LogP contribution >= 0.6 is 35.4 Å². The van der Waals surface area contributed by atoms with E-state index >= 15 is 0 Å². The fourth-order valence-corrected chi connectivity index (χ4v) is 3.40. The number of hydrogen-bond acceptors (Lipinski definition) is 3. The predicted octanol–water partition coefficient (Wildman–Crippen LogP) is 5.25. The number of imidazole rings is 1. The van der Waals surface area contributed by atoms with Gasteiger partial charge in [0.15, 0.2) is 0 Å². The number of hydrogen-bond donors (Lipinski definition) is 0. The largest absolute Gasteiger partial charge is 0.276 e. The first kappa shape index (κ1) is 15.3. The first-order chi connectivity index (χ1) is 11.6. The van der Waals surface area contributed by atoms with Gasteiger partial charge in [0.1, 0.15) is 11.0 Å². The minimum atomic E-state index is 0.497. The Morgan fingerprint density at radius 1 is 1.04 bits per heavy atom. The van der Waals surface area contributed by atoms with Gasteiger partial charge in [0.05, 0.1) is 16.2 Å². The maximum atomic E-state index is 6.42. The average Bonchev–Trinajstić information content (AvgIpc) is 3.10.